The van der Waals surface area contributed by atoms with Crippen LogP contribution in [-0.4, -0.2) is 26.8 Å². The minimum atomic E-state index is -0.378. The molecule has 4 heteroatoms. The van der Waals surface area contributed by atoms with Crippen molar-refractivity contribution in [2.75, 3.05) is 26.8 Å². The van der Waals surface area contributed by atoms with Crippen molar-refractivity contribution >= 4 is 0 Å². The van der Waals surface area contributed by atoms with E-state index < -0.39 is 0 Å². The monoisotopic (exact) mass is 257 g/mol. The Morgan fingerprint density at radius 3 is 2.83 bits per heavy atom. The summed E-state index contributed by atoms with van der Waals surface area (Å²) in [6, 6.07) is 3.61. The molecule has 0 spiro atoms. The maximum absolute atomic E-state index is 13.4. The van der Waals surface area contributed by atoms with Crippen molar-refractivity contribution in [3.63, 3.8) is 0 Å². The molecule has 1 aromatic rings. The van der Waals surface area contributed by atoms with Crippen molar-refractivity contribution in [3.05, 3.63) is 35.4 Å². The van der Waals surface area contributed by atoms with Crippen LogP contribution in [0, 0.1) is 17.6 Å². The molecule has 0 aromatic heterocycles. The third kappa shape index (κ3) is 5.56. The van der Waals surface area contributed by atoms with Gasteiger partial charge in [-0.15, -0.1) is 0 Å². The second kappa shape index (κ2) is 8.16. The van der Waals surface area contributed by atoms with E-state index in [-0.39, 0.29) is 11.6 Å². The summed E-state index contributed by atoms with van der Waals surface area (Å²) in [6.07, 6.45) is 1.40. The molecule has 0 aliphatic heterocycles. The first-order chi connectivity index (χ1) is 8.63. The van der Waals surface area contributed by atoms with Gasteiger partial charge in [0.05, 0.1) is 6.61 Å². The van der Waals surface area contributed by atoms with Crippen LogP contribution < -0.4 is 5.32 Å². The van der Waals surface area contributed by atoms with Gasteiger partial charge in [-0.2, -0.15) is 0 Å². The fourth-order valence-electron chi connectivity index (χ4n) is 1.76. The number of benzene rings is 1. The third-order valence-electron chi connectivity index (χ3n) is 2.89. The minimum absolute atomic E-state index is 0.323. The van der Waals surface area contributed by atoms with E-state index in [1.54, 1.807) is 7.11 Å². The lowest BCUT2D eigenvalue weighted by Gasteiger charge is -2.12. The Morgan fingerprint density at radius 1 is 1.33 bits per heavy atom. The molecule has 1 unspecified atom stereocenters. The largest absolute Gasteiger partial charge is 0.383 e. The van der Waals surface area contributed by atoms with Crippen molar-refractivity contribution in [3.8, 4) is 0 Å². The van der Waals surface area contributed by atoms with Crippen LogP contribution in [0.1, 0.15) is 18.9 Å². The Morgan fingerprint density at radius 2 is 2.11 bits per heavy atom. The standard InChI is InChI=1S/C14H21F2NO/c1-11(10-17-7-8-18-2)3-4-12-9-13(15)5-6-14(12)16/h5-6,9,11,17H,3-4,7-8,10H2,1-2H3. The molecule has 0 aliphatic rings. The average Bonchev–Trinajstić information content (AvgIpc) is 2.36. The Bertz CT molecular complexity index is 358. The number of methoxy groups -OCH3 is 1. The molecule has 1 rings (SSSR count). The van der Waals surface area contributed by atoms with E-state index in [2.05, 4.69) is 12.2 Å². The molecule has 0 amide bonds. The first-order valence-corrected chi connectivity index (χ1v) is 6.27. The zero-order chi connectivity index (χ0) is 13.4. The van der Waals surface area contributed by atoms with Gasteiger partial charge in [-0.05, 0) is 49.1 Å². The molecule has 0 radical (unpaired) electrons. The smallest absolute Gasteiger partial charge is 0.126 e. The molecule has 1 aromatic carbocycles. The molecule has 0 heterocycles. The molecule has 0 saturated carbocycles. The van der Waals surface area contributed by atoms with Crippen LogP contribution in [0.5, 0.6) is 0 Å². The van der Waals surface area contributed by atoms with Gasteiger partial charge in [0.1, 0.15) is 11.6 Å². The SMILES string of the molecule is COCCNCC(C)CCc1cc(F)ccc1F. The molecule has 2 nitrogen and oxygen atoms in total. The van der Waals surface area contributed by atoms with Crippen LogP contribution >= 0.6 is 0 Å². The van der Waals surface area contributed by atoms with Crippen LogP contribution in [0.4, 0.5) is 8.78 Å². The van der Waals surface area contributed by atoms with Crippen molar-refractivity contribution in [1.29, 1.82) is 0 Å². The number of nitrogens with one attached hydrogen (secondary N) is 1. The van der Waals surface area contributed by atoms with Crippen LogP contribution in [0.15, 0.2) is 18.2 Å². The van der Waals surface area contributed by atoms with Crippen LogP contribution in [0.3, 0.4) is 0 Å². The number of ether oxygens (including phenoxy) is 1. The van der Waals surface area contributed by atoms with Crippen LogP contribution in [0.25, 0.3) is 0 Å². The lowest BCUT2D eigenvalue weighted by Crippen LogP contribution is -2.25. The summed E-state index contributed by atoms with van der Waals surface area (Å²) in [5.41, 5.74) is 0.457. The maximum Gasteiger partial charge on any atom is 0.126 e. The molecule has 0 fully saturated rings. The molecule has 1 atom stereocenters. The van der Waals surface area contributed by atoms with E-state index in [4.69, 9.17) is 4.74 Å². The molecule has 102 valence electrons. The first kappa shape index (κ1) is 15.1. The predicted molar refractivity (Wildman–Crippen MR) is 68.6 cm³/mol. The second-order valence-corrected chi connectivity index (χ2v) is 4.58. The van der Waals surface area contributed by atoms with Crippen molar-refractivity contribution in [2.45, 2.75) is 19.8 Å². The molecule has 18 heavy (non-hydrogen) atoms. The fraction of sp³-hybridized carbons (Fsp3) is 0.571. The maximum atomic E-state index is 13.4. The number of hydrogen-bond acceptors (Lipinski definition) is 2. The summed E-state index contributed by atoms with van der Waals surface area (Å²) in [5, 5.41) is 3.26. The van der Waals surface area contributed by atoms with E-state index in [9.17, 15) is 8.78 Å². The van der Waals surface area contributed by atoms with Gasteiger partial charge in [0, 0.05) is 13.7 Å². The van der Waals surface area contributed by atoms with Gasteiger partial charge in [-0.1, -0.05) is 6.92 Å². The quantitative estimate of drug-likeness (QED) is 0.723. The zero-order valence-corrected chi connectivity index (χ0v) is 11.0. The van der Waals surface area contributed by atoms with Gasteiger partial charge in [-0.3, -0.25) is 0 Å². The highest BCUT2D eigenvalue weighted by Crippen LogP contribution is 2.14. The number of aryl methyl sites for hydroxylation is 1. The molecular formula is C14H21F2NO. The molecule has 1 N–H and O–H groups in total. The number of hydrogen-bond donors (Lipinski definition) is 1. The van der Waals surface area contributed by atoms with Crippen molar-refractivity contribution in [1.82, 2.24) is 5.32 Å². The van der Waals surface area contributed by atoms with Gasteiger partial charge in [0.25, 0.3) is 0 Å². The Hall–Kier alpha value is -1.00. The van der Waals surface area contributed by atoms with Gasteiger partial charge in [0.2, 0.25) is 0 Å². The predicted octanol–water partition coefficient (Wildman–Crippen LogP) is 2.77. The number of halogens is 2. The van der Waals surface area contributed by atoms with E-state index in [0.29, 0.717) is 24.5 Å². The fourth-order valence-corrected chi connectivity index (χ4v) is 1.76. The highest BCUT2D eigenvalue weighted by atomic mass is 19.1. The van der Waals surface area contributed by atoms with Gasteiger partial charge in [-0.25, -0.2) is 8.78 Å². The summed E-state index contributed by atoms with van der Waals surface area (Å²) >= 11 is 0. The summed E-state index contributed by atoms with van der Waals surface area (Å²) in [6.45, 7) is 4.46. The van der Waals surface area contributed by atoms with Gasteiger partial charge in [0.15, 0.2) is 0 Å². The van der Waals surface area contributed by atoms with Crippen LogP contribution in [0.2, 0.25) is 0 Å². The summed E-state index contributed by atoms with van der Waals surface area (Å²) in [5.74, 6) is -0.280. The van der Waals surface area contributed by atoms with Crippen molar-refractivity contribution in [2.24, 2.45) is 5.92 Å². The van der Waals surface area contributed by atoms with E-state index >= 15 is 0 Å². The summed E-state index contributed by atoms with van der Waals surface area (Å²) in [7, 11) is 1.66. The molecule has 0 saturated heterocycles. The highest BCUT2D eigenvalue weighted by Gasteiger charge is 2.07. The lowest BCUT2D eigenvalue weighted by molar-refractivity contribution is 0.198. The third-order valence-corrected chi connectivity index (χ3v) is 2.89. The van der Waals surface area contributed by atoms with Gasteiger partial charge >= 0.3 is 0 Å². The Balaban J connectivity index is 2.29. The lowest BCUT2D eigenvalue weighted by atomic mass is 10.0. The zero-order valence-electron chi connectivity index (χ0n) is 11.0. The Labute approximate surface area is 107 Å². The van der Waals surface area contributed by atoms with E-state index in [0.717, 1.165) is 25.6 Å². The second-order valence-electron chi connectivity index (χ2n) is 4.58. The topological polar surface area (TPSA) is 21.3 Å². The molecule has 0 bridgehead atoms. The van der Waals surface area contributed by atoms with Crippen LogP contribution in [-0.2, 0) is 11.2 Å². The summed E-state index contributed by atoms with van der Waals surface area (Å²) < 4.78 is 31.3. The van der Waals surface area contributed by atoms with E-state index in [1.807, 2.05) is 0 Å². The van der Waals surface area contributed by atoms with E-state index in [1.165, 1.54) is 12.1 Å². The molecule has 0 aliphatic carbocycles. The average molecular weight is 257 g/mol. The Kier molecular flexibility index (Phi) is 6.83. The highest BCUT2D eigenvalue weighted by molar-refractivity contribution is 5.18. The minimum Gasteiger partial charge on any atom is -0.383 e. The van der Waals surface area contributed by atoms with Gasteiger partial charge < -0.3 is 10.1 Å². The normalized spacial score (nSPS) is 12.7. The summed E-state index contributed by atoms with van der Waals surface area (Å²) in [4.78, 5) is 0. The first-order valence-electron chi connectivity index (χ1n) is 6.27. The number of rotatable bonds is 8. The van der Waals surface area contributed by atoms with Crippen molar-refractivity contribution < 1.29 is 13.5 Å². The molecular weight excluding hydrogens is 236 g/mol.